The highest BCUT2D eigenvalue weighted by molar-refractivity contribution is 5.41. The molecule has 0 aromatic heterocycles. The van der Waals surface area contributed by atoms with Gasteiger partial charge in [0.15, 0.2) is 17.6 Å². The topological polar surface area (TPSA) is 47.7 Å². The molecule has 0 unspecified atom stereocenters. The van der Waals surface area contributed by atoms with E-state index in [9.17, 15) is 0 Å². The average Bonchev–Trinajstić information content (AvgIpc) is 2.64. The lowest BCUT2D eigenvalue weighted by atomic mass is 10.0. The van der Waals surface area contributed by atoms with E-state index in [1.807, 2.05) is 24.3 Å². The highest BCUT2D eigenvalue weighted by Gasteiger charge is 2.22. The number of nitrogens with zero attached hydrogens (tertiary/aromatic N) is 1. The van der Waals surface area contributed by atoms with Crippen LogP contribution in [-0.4, -0.2) is 30.6 Å². The van der Waals surface area contributed by atoms with Crippen molar-refractivity contribution < 1.29 is 9.47 Å². The number of piperidine rings is 1. The molecule has 4 rings (SSSR count). The lowest BCUT2D eigenvalue weighted by Gasteiger charge is -2.30. The fraction of sp³-hybridized carbons (Fsp3) is 0.400. The van der Waals surface area contributed by atoms with E-state index in [-0.39, 0.29) is 6.10 Å². The second-order valence-electron chi connectivity index (χ2n) is 6.72. The largest absolute Gasteiger partial charge is 0.485 e. The Balaban J connectivity index is 1.39. The van der Waals surface area contributed by atoms with Crippen molar-refractivity contribution in [2.24, 2.45) is 5.73 Å². The van der Waals surface area contributed by atoms with Gasteiger partial charge in [-0.3, -0.25) is 4.90 Å². The summed E-state index contributed by atoms with van der Waals surface area (Å²) >= 11 is 0. The standard InChI is InChI=1S/C20H24N2O2/c21-17-9-11-22(12-10-17)13-15-5-7-16(8-6-15)20-14-23-18-3-1-2-4-19(18)24-20/h1-8,17,20H,9-14,21H2/t20-/m1/s1. The molecule has 2 aliphatic rings. The molecule has 1 saturated heterocycles. The van der Waals surface area contributed by atoms with E-state index in [0.29, 0.717) is 12.6 Å². The van der Waals surface area contributed by atoms with Crippen molar-refractivity contribution in [1.82, 2.24) is 4.90 Å². The van der Waals surface area contributed by atoms with Gasteiger partial charge < -0.3 is 15.2 Å². The first-order valence-corrected chi connectivity index (χ1v) is 8.73. The van der Waals surface area contributed by atoms with Crippen LogP contribution in [0.15, 0.2) is 48.5 Å². The molecule has 0 radical (unpaired) electrons. The van der Waals surface area contributed by atoms with Crippen molar-refractivity contribution in [2.45, 2.75) is 31.5 Å². The van der Waals surface area contributed by atoms with E-state index in [0.717, 1.165) is 49.5 Å². The molecule has 4 nitrogen and oxygen atoms in total. The molecule has 126 valence electrons. The summed E-state index contributed by atoms with van der Waals surface area (Å²) in [5.74, 6) is 1.65. The molecular formula is C20H24N2O2. The third-order valence-electron chi connectivity index (χ3n) is 4.90. The van der Waals surface area contributed by atoms with Crippen molar-refractivity contribution in [2.75, 3.05) is 19.7 Å². The van der Waals surface area contributed by atoms with Gasteiger partial charge in [0.2, 0.25) is 0 Å². The predicted octanol–water partition coefficient (Wildman–Crippen LogP) is 3.12. The number of hydrogen-bond donors (Lipinski definition) is 1. The Hall–Kier alpha value is -2.04. The van der Waals surface area contributed by atoms with Gasteiger partial charge in [-0.15, -0.1) is 0 Å². The lowest BCUT2D eigenvalue weighted by molar-refractivity contribution is 0.0913. The zero-order chi connectivity index (χ0) is 16.4. The van der Waals surface area contributed by atoms with Crippen molar-refractivity contribution in [3.63, 3.8) is 0 Å². The first-order valence-electron chi connectivity index (χ1n) is 8.73. The molecule has 2 aromatic carbocycles. The third kappa shape index (κ3) is 3.40. The van der Waals surface area contributed by atoms with E-state index in [2.05, 4.69) is 29.2 Å². The number of ether oxygens (including phenoxy) is 2. The number of nitrogens with two attached hydrogens (primary N) is 1. The minimum Gasteiger partial charge on any atom is -0.485 e. The summed E-state index contributed by atoms with van der Waals surface area (Å²) in [6.07, 6.45) is 2.16. The summed E-state index contributed by atoms with van der Waals surface area (Å²) in [6, 6.07) is 16.9. The van der Waals surface area contributed by atoms with Crippen molar-refractivity contribution in [1.29, 1.82) is 0 Å². The molecule has 2 aromatic rings. The van der Waals surface area contributed by atoms with Gasteiger partial charge in [-0.25, -0.2) is 0 Å². The van der Waals surface area contributed by atoms with Crippen LogP contribution < -0.4 is 15.2 Å². The van der Waals surface area contributed by atoms with Gasteiger partial charge >= 0.3 is 0 Å². The summed E-state index contributed by atoms with van der Waals surface area (Å²) in [4.78, 5) is 2.48. The van der Waals surface area contributed by atoms with E-state index in [1.54, 1.807) is 0 Å². The maximum absolute atomic E-state index is 6.07. The Kier molecular flexibility index (Phi) is 4.41. The molecule has 0 aliphatic carbocycles. The summed E-state index contributed by atoms with van der Waals surface area (Å²) in [5, 5.41) is 0. The van der Waals surface area contributed by atoms with Crippen LogP contribution >= 0.6 is 0 Å². The molecular weight excluding hydrogens is 300 g/mol. The number of fused-ring (bicyclic) bond motifs is 1. The molecule has 0 spiro atoms. The molecule has 1 fully saturated rings. The minimum atomic E-state index is -0.0399. The zero-order valence-corrected chi connectivity index (χ0v) is 13.9. The Morgan fingerprint density at radius 2 is 1.67 bits per heavy atom. The molecule has 1 atom stereocenters. The van der Waals surface area contributed by atoms with Crippen LogP contribution in [0.2, 0.25) is 0 Å². The van der Waals surface area contributed by atoms with Gasteiger partial charge in [0, 0.05) is 12.6 Å². The summed E-state index contributed by atoms with van der Waals surface area (Å²) in [6.45, 7) is 3.75. The van der Waals surface area contributed by atoms with Gasteiger partial charge in [-0.05, 0) is 49.2 Å². The van der Waals surface area contributed by atoms with Crippen molar-refractivity contribution in [3.05, 3.63) is 59.7 Å². The van der Waals surface area contributed by atoms with Crippen LogP contribution in [0.4, 0.5) is 0 Å². The number of rotatable bonds is 3. The van der Waals surface area contributed by atoms with E-state index >= 15 is 0 Å². The van der Waals surface area contributed by atoms with Crippen LogP contribution in [0.1, 0.15) is 30.1 Å². The fourth-order valence-corrected chi connectivity index (χ4v) is 3.39. The third-order valence-corrected chi connectivity index (χ3v) is 4.90. The Bertz CT molecular complexity index is 678. The molecule has 2 aliphatic heterocycles. The van der Waals surface area contributed by atoms with E-state index in [1.165, 1.54) is 5.56 Å². The second kappa shape index (κ2) is 6.83. The van der Waals surface area contributed by atoms with Crippen LogP contribution in [0.25, 0.3) is 0 Å². The van der Waals surface area contributed by atoms with Crippen LogP contribution in [0.3, 0.4) is 0 Å². The number of benzene rings is 2. The van der Waals surface area contributed by atoms with Gasteiger partial charge in [-0.1, -0.05) is 36.4 Å². The maximum atomic E-state index is 6.07. The lowest BCUT2D eigenvalue weighted by Crippen LogP contribution is -2.39. The molecule has 0 amide bonds. The molecule has 0 saturated carbocycles. The monoisotopic (exact) mass is 324 g/mol. The number of likely N-dealkylation sites (tertiary alicyclic amines) is 1. The van der Waals surface area contributed by atoms with E-state index < -0.39 is 0 Å². The first-order chi connectivity index (χ1) is 11.8. The van der Waals surface area contributed by atoms with Crippen molar-refractivity contribution >= 4 is 0 Å². The first kappa shape index (κ1) is 15.5. The number of para-hydroxylation sites is 2. The summed E-state index contributed by atoms with van der Waals surface area (Å²) in [5.41, 5.74) is 8.47. The normalized spacial score (nSPS) is 21.6. The van der Waals surface area contributed by atoms with Crippen LogP contribution in [-0.2, 0) is 6.54 Å². The van der Waals surface area contributed by atoms with Gasteiger partial charge in [0.25, 0.3) is 0 Å². The molecule has 4 heteroatoms. The van der Waals surface area contributed by atoms with Crippen LogP contribution in [0, 0.1) is 0 Å². The average molecular weight is 324 g/mol. The van der Waals surface area contributed by atoms with Gasteiger partial charge in [0.05, 0.1) is 0 Å². The SMILES string of the molecule is NC1CCN(Cc2ccc([C@H]3COc4ccccc4O3)cc2)CC1. The Morgan fingerprint density at radius 1 is 0.958 bits per heavy atom. The molecule has 2 N–H and O–H groups in total. The van der Waals surface area contributed by atoms with Gasteiger partial charge in [0.1, 0.15) is 6.61 Å². The molecule has 2 heterocycles. The Morgan fingerprint density at radius 3 is 2.42 bits per heavy atom. The minimum absolute atomic E-state index is 0.0399. The highest BCUT2D eigenvalue weighted by atomic mass is 16.6. The Labute approximate surface area is 143 Å². The van der Waals surface area contributed by atoms with Gasteiger partial charge in [-0.2, -0.15) is 0 Å². The van der Waals surface area contributed by atoms with Crippen LogP contribution in [0.5, 0.6) is 11.5 Å². The van der Waals surface area contributed by atoms with Crippen molar-refractivity contribution in [3.8, 4) is 11.5 Å². The van der Waals surface area contributed by atoms with E-state index in [4.69, 9.17) is 15.2 Å². The zero-order valence-electron chi connectivity index (χ0n) is 13.9. The fourth-order valence-electron chi connectivity index (χ4n) is 3.39. The smallest absolute Gasteiger partial charge is 0.162 e. The quantitative estimate of drug-likeness (QED) is 0.942. The number of hydrogen-bond acceptors (Lipinski definition) is 4. The predicted molar refractivity (Wildman–Crippen MR) is 94.2 cm³/mol. The molecule has 24 heavy (non-hydrogen) atoms. The highest BCUT2D eigenvalue weighted by Crippen LogP contribution is 2.35. The summed E-state index contributed by atoms with van der Waals surface area (Å²) in [7, 11) is 0. The molecule has 0 bridgehead atoms. The second-order valence-corrected chi connectivity index (χ2v) is 6.72. The maximum Gasteiger partial charge on any atom is 0.162 e. The summed E-state index contributed by atoms with van der Waals surface area (Å²) < 4.78 is 11.9.